The van der Waals surface area contributed by atoms with Gasteiger partial charge in [0.05, 0.1) is 6.42 Å². The van der Waals surface area contributed by atoms with E-state index in [0.29, 0.717) is 6.42 Å². The predicted octanol–water partition coefficient (Wildman–Crippen LogP) is 3.85. The molecule has 0 spiro atoms. The molecule has 3 heteroatoms. The molecule has 0 saturated heterocycles. The molecule has 20 heavy (non-hydrogen) atoms. The van der Waals surface area contributed by atoms with Crippen molar-refractivity contribution < 1.29 is 9.53 Å². The molecule has 1 heterocycles. The van der Waals surface area contributed by atoms with Crippen molar-refractivity contribution in [1.29, 1.82) is 0 Å². The van der Waals surface area contributed by atoms with Crippen molar-refractivity contribution in [3.8, 4) is 0 Å². The van der Waals surface area contributed by atoms with E-state index in [1.165, 1.54) is 36.9 Å². The van der Waals surface area contributed by atoms with Gasteiger partial charge in [0, 0.05) is 18.2 Å². The molecule has 1 aliphatic heterocycles. The summed E-state index contributed by atoms with van der Waals surface area (Å²) in [6, 6.07) is 8.25. The standard InChI is InChI=1S/C17H23NO2/c19-17(20-14-7-3-1-2-4-8-14)11-13-12-18-16-10-6-5-9-15(13)16/h5-6,9-10,13-14,18H,1-4,7-8,11-12H2. The van der Waals surface area contributed by atoms with Gasteiger partial charge in [0.1, 0.15) is 6.10 Å². The van der Waals surface area contributed by atoms with Crippen molar-refractivity contribution in [2.45, 2.75) is 57.0 Å². The molecule has 1 saturated carbocycles. The summed E-state index contributed by atoms with van der Waals surface area (Å²) in [7, 11) is 0. The normalized spacial score (nSPS) is 22.7. The summed E-state index contributed by atoms with van der Waals surface area (Å²) in [5.74, 6) is 0.241. The minimum atomic E-state index is -0.0274. The van der Waals surface area contributed by atoms with Crippen LogP contribution < -0.4 is 5.32 Å². The van der Waals surface area contributed by atoms with Crippen LogP contribution >= 0.6 is 0 Å². The molecule has 1 unspecified atom stereocenters. The highest BCUT2D eigenvalue weighted by Gasteiger charge is 2.26. The van der Waals surface area contributed by atoms with E-state index in [2.05, 4.69) is 17.4 Å². The fourth-order valence-electron chi connectivity index (χ4n) is 3.33. The zero-order valence-corrected chi connectivity index (χ0v) is 11.9. The van der Waals surface area contributed by atoms with Crippen LogP contribution in [0.15, 0.2) is 24.3 Å². The van der Waals surface area contributed by atoms with Gasteiger partial charge in [-0.05, 0) is 37.3 Å². The topological polar surface area (TPSA) is 38.3 Å². The molecule has 1 aromatic carbocycles. The van der Waals surface area contributed by atoms with Crippen LogP contribution in [0.4, 0.5) is 5.69 Å². The Hall–Kier alpha value is -1.51. The molecule has 3 nitrogen and oxygen atoms in total. The van der Waals surface area contributed by atoms with E-state index in [4.69, 9.17) is 4.74 Å². The maximum absolute atomic E-state index is 12.1. The Morgan fingerprint density at radius 2 is 1.90 bits per heavy atom. The number of ether oxygens (including phenoxy) is 1. The first-order valence-corrected chi connectivity index (χ1v) is 7.85. The SMILES string of the molecule is O=C(CC1CNc2ccccc21)OC1CCCCCC1. The van der Waals surface area contributed by atoms with E-state index in [9.17, 15) is 4.79 Å². The van der Waals surface area contributed by atoms with E-state index in [1.54, 1.807) is 0 Å². The van der Waals surface area contributed by atoms with Crippen molar-refractivity contribution in [1.82, 2.24) is 0 Å². The Balaban J connectivity index is 1.54. The number of hydrogen-bond donors (Lipinski definition) is 1. The van der Waals surface area contributed by atoms with Crippen LogP contribution in [0.1, 0.15) is 56.4 Å². The monoisotopic (exact) mass is 273 g/mol. The third-order valence-electron chi connectivity index (χ3n) is 4.45. The van der Waals surface area contributed by atoms with Crippen LogP contribution in [0.25, 0.3) is 0 Å². The van der Waals surface area contributed by atoms with Gasteiger partial charge >= 0.3 is 5.97 Å². The highest BCUT2D eigenvalue weighted by atomic mass is 16.5. The smallest absolute Gasteiger partial charge is 0.306 e. The minimum absolute atomic E-state index is 0.0274. The fourth-order valence-corrected chi connectivity index (χ4v) is 3.33. The average Bonchev–Trinajstić information content (AvgIpc) is 2.68. The highest BCUT2D eigenvalue weighted by Crippen LogP contribution is 2.33. The van der Waals surface area contributed by atoms with E-state index in [0.717, 1.165) is 19.4 Å². The van der Waals surface area contributed by atoms with Gasteiger partial charge in [0.2, 0.25) is 0 Å². The van der Waals surface area contributed by atoms with Crippen LogP contribution in [0.5, 0.6) is 0 Å². The van der Waals surface area contributed by atoms with Crippen molar-refractivity contribution in [3.05, 3.63) is 29.8 Å². The van der Waals surface area contributed by atoms with Crippen molar-refractivity contribution in [3.63, 3.8) is 0 Å². The fraction of sp³-hybridized carbons (Fsp3) is 0.588. The summed E-state index contributed by atoms with van der Waals surface area (Å²) in [5, 5.41) is 3.36. The van der Waals surface area contributed by atoms with Crippen LogP contribution in [0, 0.1) is 0 Å². The zero-order valence-electron chi connectivity index (χ0n) is 11.9. The number of fused-ring (bicyclic) bond motifs is 1. The summed E-state index contributed by atoms with van der Waals surface area (Å²) in [6.07, 6.45) is 7.73. The van der Waals surface area contributed by atoms with Gasteiger partial charge in [-0.1, -0.05) is 31.0 Å². The average molecular weight is 273 g/mol. The Morgan fingerprint density at radius 3 is 2.70 bits per heavy atom. The lowest BCUT2D eigenvalue weighted by Crippen LogP contribution is -2.19. The third kappa shape index (κ3) is 3.14. The summed E-state index contributed by atoms with van der Waals surface area (Å²) in [6.45, 7) is 0.846. The molecule has 0 bridgehead atoms. The highest BCUT2D eigenvalue weighted by molar-refractivity contribution is 5.72. The molecule has 0 radical (unpaired) electrons. The van der Waals surface area contributed by atoms with Crippen molar-refractivity contribution >= 4 is 11.7 Å². The van der Waals surface area contributed by atoms with Gasteiger partial charge in [-0.25, -0.2) is 0 Å². The first-order valence-electron chi connectivity index (χ1n) is 7.85. The second kappa shape index (κ2) is 6.29. The van der Waals surface area contributed by atoms with Crippen LogP contribution in [0.3, 0.4) is 0 Å². The van der Waals surface area contributed by atoms with Crippen molar-refractivity contribution in [2.24, 2.45) is 0 Å². The Morgan fingerprint density at radius 1 is 1.15 bits per heavy atom. The number of carbonyl (C=O) groups excluding carboxylic acids is 1. The second-order valence-corrected chi connectivity index (χ2v) is 5.97. The maximum atomic E-state index is 12.1. The predicted molar refractivity (Wildman–Crippen MR) is 79.9 cm³/mol. The second-order valence-electron chi connectivity index (χ2n) is 5.97. The number of carbonyl (C=O) groups is 1. The van der Waals surface area contributed by atoms with Crippen LogP contribution in [-0.4, -0.2) is 18.6 Å². The molecule has 1 aliphatic carbocycles. The lowest BCUT2D eigenvalue weighted by atomic mass is 9.98. The van der Waals surface area contributed by atoms with Gasteiger partial charge < -0.3 is 10.1 Å². The quantitative estimate of drug-likeness (QED) is 0.671. The third-order valence-corrected chi connectivity index (χ3v) is 4.45. The van der Waals surface area contributed by atoms with E-state index in [-0.39, 0.29) is 18.0 Å². The molecule has 1 aromatic rings. The molecule has 108 valence electrons. The van der Waals surface area contributed by atoms with Gasteiger partial charge in [-0.15, -0.1) is 0 Å². The molecule has 1 fully saturated rings. The number of nitrogens with one attached hydrogen (secondary N) is 1. The molecule has 1 atom stereocenters. The molecule has 3 rings (SSSR count). The largest absolute Gasteiger partial charge is 0.462 e. The summed E-state index contributed by atoms with van der Waals surface area (Å²) in [4.78, 5) is 12.1. The number of hydrogen-bond acceptors (Lipinski definition) is 3. The van der Waals surface area contributed by atoms with E-state index < -0.39 is 0 Å². The Bertz CT molecular complexity index is 464. The van der Waals surface area contributed by atoms with Gasteiger partial charge in [0.25, 0.3) is 0 Å². The first-order chi connectivity index (χ1) is 9.83. The number of para-hydroxylation sites is 1. The molecular formula is C17H23NO2. The molecular weight excluding hydrogens is 250 g/mol. The van der Waals surface area contributed by atoms with Crippen LogP contribution in [0.2, 0.25) is 0 Å². The molecule has 2 aliphatic rings. The lowest BCUT2D eigenvalue weighted by molar-refractivity contribution is -0.150. The zero-order chi connectivity index (χ0) is 13.8. The Labute approximate surface area is 120 Å². The van der Waals surface area contributed by atoms with Gasteiger partial charge in [0.15, 0.2) is 0 Å². The van der Waals surface area contributed by atoms with Crippen LogP contribution in [-0.2, 0) is 9.53 Å². The number of esters is 1. The first kappa shape index (κ1) is 13.5. The Kier molecular flexibility index (Phi) is 4.24. The van der Waals surface area contributed by atoms with Gasteiger partial charge in [-0.3, -0.25) is 4.79 Å². The lowest BCUT2D eigenvalue weighted by Gasteiger charge is -2.17. The summed E-state index contributed by atoms with van der Waals surface area (Å²) in [5.41, 5.74) is 2.42. The minimum Gasteiger partial charge on any atom is -0.462 e. The van der Waals surface area contributed by atoms with E-state index in [1.807, 2.05) is 12.1 Å². The summed E-state index contributed by atoms with van der Waals surface area (Å²) < 4.78 is 5.68. The summed E-state index contributed by atoms with van der Waals surface area (Å²) >= 11 is 0. The van der Waals surface area contributed by atoms with Gasteiger partial charge in [-0.2, -0.15) is 0 Å². The number of rotatable bonds is 3. The van der Waals surface area contributed by atoms with Crippen molar-refractivity contribution in [2.75, 3.05) is 11.9 Å². The number of anilines is 1. The number of benzene rings is 1. The van der Waals surface area contributed by atoms with E-state index >= 15 is 0 Å². The molecule has 1 N–H and O–H groups in total. The maximum Gasteiger partial charge on any atom is 0.306 e. The molecule has 0 aromatic heterocycles. The molecule has 0 amide bonds.